The highest BCUT2D eigenvalue weighted by atomic mass is 32.1. The Hall–Kier alpha value is -2.13. The van der Waals surface area contributed by atoms with E-state index >= 15 is 0 Å². The van der Waals surface area contributed by atoms with E-state index in [1.807, 2.05) is 0 Å². The molecule has 0 amide bonds. The molecule has 1 aromatic carbocycles. The molecule has 1 unspecified atom stereocenters. The summed E-state index contributed by atoms with van der Waals surface area (Å²) < 4.78 is 34.4. The smallest absolute Gasteiger partial charge is 0.149 e. The van der Waals surface area contributed by atoms with E-state index in [9.17, 15) is 8.78 Å². The van der Waals surface area contributed by atoms with Crippen LogP contribution in [0.4, 0.5) is 14.5 Å². The second-order valence-electron chi connectivity index (χ2n) is 5.46. The van der Waals surface area contributed by atoms with Gasteiger partial charge in [-0.3, -0.25) is 0 Å². The molecule has 24 heavy (non-hydrogen) atoms. The lowest BCUT2D eigenvalue weighted by molar-refractivity contribution is 0.122. The van der Waals surface area contributed by atoms with Gasteiger partial charge in [0.1, 0.15) is 23.0 Å². The predicted octanol–water partition coefficient (Wildman–Crippen LogP) is 1.95. The molecule has 128 valence electrons. The monoisotopic (exact) mass is 353 g/mol. The van der Waals surface area contributed by atoms with Crippen LogP contribution in [0.15, 0.2) is 18.3 Å². The van der Waals surface area contributed by atoms with Crippen molar-refractivity contribution in [3.63, 3.8) is 0 Å². The summed E-state index contributed by atoms with van der Waals surface area (Å²) in [5.41, 5.74) is 0.859. The van der Waals surface area contributed by atoms with E-state index in [1.165, 1.54) is 18.3 Å². The maximum absolute atomic E-state index is 14.6. The molecule has 1 aromatic heterocycles. The van der Waals surface area contributed by atoms with Crippen LogP contribution >= 0.6 is 12.2 Å². The molecule has 1 fully saturated rings. The molecule has 3 rings (SSSR count). The van der Waals surface area contributed by atoms with Crippen LogP contribution in [0.1, 0.15) is 24.2 Å². The van der Waals surface area contributed by atoms with E-state index in [0.29, 0.717) is 42.5 Å². The summed E-state index contributed by atoms with van der Waals surface area (Å²) in [5, 5.41) is 13.2. The first kappa shape index (κ1) is 16.7. The van der Waals surface area contributed by atoms with Gasteiger partial charge in [0.05, 0.1) is 30.4 Å². The maximum Gasteiger partial charge on any atom is 0.149 e. The van der Waals surface area contributed by atoms with Gasteiger partial charge in [0.25, 0.3) is 0 Å². The van der Waals surface area contributed by atoms with Gasteiger partial charge in [-0.2, -0.15) is 15.4 Å². The molecule has 2 aromatic rings. The molecule has 2 heterocycles. The Balaban J connectivity index is 1.96. The van der Waals surface area contributed by atoms with Gasteiger partial charge in [0.15, 0.2) is 0 Å². The molecule has 1 aliphatic heterocycles. The van der Waals surface area contributed by atoms with Crippen LogP contribution in [-0.4, -0.2) is 46.7 Å². The molecular formula is C15H17F2N5OS. The third kappa shape index (κ3) is 3.51. The molecular weight excluding hydrogens is 336 g/mol. The quantitative estimate of drug-likeness (QED) is 0.819. The fraction of sp³-hybridized carbons (Fsp3) is 0.400. The fourth-order valence-corrected chi connectivity index (χ4v) is 2.84. The van der Waals surface area contributed by atoms with Crippen molar-refractivity contribution in [2.24, 2.45) is 0 Å². The Morgan fingerprint density at radius 3 is 2.54 bits per heavy atom. The van der Waals surface area contributed by atoms with Gasteiger partial charge < -0.3 is 15.0 Å². The Labute approximate surface area is 143 Å². The van der Waals surface area contributed by atoms with Crippen molar-refractivity contribution >= 4 is 22.9 Å². The summed E-state index contributed by atoms with van der Waals surface area (Å²) in [5.74, 6) is -1.24. The van der Waals surface area contributed by atoms with E-state index in [4.69, 9.17) is 17.0 Å². The highest BCUT2D eigenvalue weighted by molar-refractivity contribution is 7.80. The molecule has 6 nitrogen and oxygen atoms in total. The zero-order valence-electron chi connectivity index (χ0n) is 13.1. The Morgan fingerprint density at radius 1 is 1.33 bits per heavy atom. The minimum Gasteiger partial charge on any atom is -0.378 e. The number of nitrogens with zero attached hydrogens (tertiary/aromatic N) is 3. The average molecular weight is 353 g/mol. The number of halogens is 2. The van der Waals surface area contributed by atoms with Crippen molar-refractivity contribution in [3.05, 3.63) is 41.2 Å². The normalized spacial score (nSPS) is 16.0. The molecule has 0 spiro atoms. The Morgan fingerprint density at radius 2 is 2.00 bits per heavy atom. The number of aromatic nitrogens is 3. The first-order valence-corrected chi connectivity index (χ1v) is 7.91. The molecule has 1 aliphatic rings. The van der Waals surface area contributed by atoms with Crippen molar-refractivity contribution in [1.82, 2.24) is 20.7 Å². The van der Waals surface area contributed by atoms with E-state index in [2.05, 4.69) is 20.7 Å². The van der Waals surface area contributed by atoms with E-state index < -0.39 is 17.7 Å². The average Bonchev–Trinajstić information content (AvgIpc) is 3.07. The maximum atomic E-state index is 14.6. The zero-order valence-corrected chi connectivity index (χ0v) is 13.9. The van der Waals surface area contributed by atoms with Crippen molar-refractivity contribution in [3.8, 4) is 0 Å². The van der Waals surface area contributed by atoms with Crippen LogP contribution in [0.25, 0.3) is 0 Å². The number of hydrogen-bond donors (Lipinski definition) is 2. The van der Waals surface area contributed by atoms with Gasteiger partial charge in [-0.1, -0.05) is 12.2 Å². The Kier molecular flexibility index (Phi) is 5.00. The lowest BCUT2D eigenvalue weighted by Crippen LogP contribution is -2.37. The minimum absolute atomic E-state index is 0.0278. The number of aromatic amines is 1. The van der Waals surface area contributed by atoms with E-state index in [-0.39, 0.29) is 5.69 Å². The van der Waals surface area contributed by atoms with Crippen molar-refractivity contribution in [1.29, 1.82) is 0 Å². The van der Waals surface area contributed by atoms with Crippen molar-refractivity contribution < 1.29 is 13.5 Å². The Bertz CT molecular complexity index is 696. The van der Waals surface area contributed by atoms with Gasteiger partial charge in [0.2, 0.25) is 0 Å². The lowest BCUT2D eigenvalue weighted by Gasteiger charge is -2.30. The molecule has 0 aliphatic carbocycles. The second kappa shape index (κ2) is 7.18. The van der Waals surface area contributed by atoms with Gasteiger partial charge in [-0.25, -0.2) is 8.78 Å². The molecule has 2 N–H and O–H groups in total. The second-order valence-corrected chi connectivity index (χ2v) is 6.07. The largest absolute Gasteiger partial charge is 0.378 e. The van der Waals surface area contributed by atoms with Crippen LogP contribution in [0.2, 0.25) is 0 Å². The van der Waals surface area contributed by atoms with Gasteiger partial charge in [0, 0.05) is 13.1 Å². The number of rotatable bonds is 4. The highest BCUT2D eigenvalue weighted by Gasteiger charge is 2.24. The topological polar surface area (TPSA) is 66.1 Å². The minimum atomic E-state index is -0.621. The van der Waals surface area contributed by atoms with Gasteiger partial charge >= 0.3 is 0 Å². The first-order valence-electron chi connectivity index (χ1n) is 7.50. The van der Waals surface area contributed by atoms with E-state index in [0.717, 1.165) is 0 Å². The van der Waals surface area contributed by atoms with Crippen LogP contribution in [-0.2, 0) is 4.74 Å². The molecule has 0 saturated carbocycles. The fourth-order valence-electron chi connectivity index (χ4n) is 2.72. The summed E-state index contributed by atoms with van der Waals surface area (Å²) in [6.07, 6.45) is 1.49. The molecule has 0 bridgehead atoms. The number of anilines is 1. The summed E-state index contributed by atoms with van der Waals surface area (Å²) in [7, 11) is 0. The van der Waals surface area contributed by atoms with Crippen LogP contribution in [0, 0.1) is 11.6 Å². The van der Waals surface area contributed by atoms with Crippen LogP contribution in [0.3, 0.4) is 0 Å². The molecule has 1 saturated heterocycles. The number of benzene rings is 1. The van der Waals surface area contributed by atoms with Gasteiger partial charge in [-0.05, 0) is 24.6 Å². The number of morpholine rings is 1. The highest BCUT2D eigenvalue weighted by Crippen LogP contribution is 2.30. The SMILES string of the molecule is CC(=S)NC(c1cc(F)c(N2CCOCC2)c(F)c1)c1cn[nH]n1. The third-order valence-electron chi connectivity index (χ3n) is 3.78. The summed E-state index contributed by atoms with van der Waals surface area (Å²) >= 11 is 5.06. The van der Waals surface area contributed by atoms with Crippen LogP contribution in [0.5, 0.6) is 0 Å². The van der Waals surface area contributed by atoms with Gasteiger partial charge in [-0.15, -0.1) is 0 Å². The first-order chi connectivity index (χ1) is 11.6. The number of H-pyrrole nitrogens is 1. The number of hydrogen-bond acceptors (Lipinski definition) is 5. The standard InChI is InChI=1S/C15H17F2N5OS/c1-9(24)19-14(13-8-18-21-20-13)10-6-11(16)15(12(17)7-10)22-2-4-23-5-3-22/h6-8,14H,2-5H2,1H3,(H,19,24)(H,18,20,21). The summed E-state index contributed by atoms with van der Waals surface area (Å²) in [6.45, 7) is 3.51. The molecule has 1 atom stereocenters. The number of ether oxygens (including phenoxy) is 1. The third-order valence-corrected chi connectivity index (χ3v) is 3.89. The number of nitrogens with one attached hydrogen (secondary N) is 2. The summed E-state index contributed by atoms with van der Waals surface area (Å²) in [4.78, 5) is 2.14. The lowest BCUT2D eigenvalue weighted by atomic mass is 10.0. The van der Waals surface area contributed by atoms with Crippen LogP contribution < -0.4 is 10.2 Å². The molecule has 9 heteroatoms. The zero-order chi connectivity index (χ0) is 17.1. The summed E-state index contributed by atoms with van der Waals surface area (Å²) in [6, 6.07) is 2.03. The predicted molar refractivity (Wildman–Crippen MR) is 89.0 cm³/mol. The van der Waals surface area contributed by atoms with Crippen molar-refractivity contribution in [2.75, 3.05) is 31.2 Å². The van der Waals surface area contributed by atoms with E-state index in [1.54, 1.807) is 11.8 Å². The van der Waals surface area contributed by atoms with Crippen molar-refractivity contribution in [2.45, 2.75) is 13.0 Å². The number of thiocarbonyl (C=S) groups is 1. The molecule has 0 radical (unpaired) electrons.